The molecule has 0 spiro atoms. The van der Waals surface area contributed by atoms with Crippen LogP contribution in [-0.4, -0.2) is 67.9 Å². The number of carboxylic acids is 1. The van der Waals surface area contributed by atoms with Gasteiger partial charge in [-0.15, -0.1) is 0 Å². The number of amides is 3. The molecule has 4 unspecified atom stereocenters. The van der Waals surface area contributed by atoms with Crippen LogP contribution in [0.25, 0.3) is 10.9 Å². The molecule has 2 heterocycles. The van der Waals surface area contributed by atoms with Crippen molar-refractivity contribution in [3.8, 4) is 0 Å². The number of carboxylic acid groups (broad SMARTS) is 1. The number of fused-ring (bicyclic) bond motifs is 1. The Hall–Kier alpha value is -4.97. The van der Waals surface area contributed by atoms with E-state index in [2.05, 4.69) is 30.9 Å². The van der Waals surface area contributed by atoms with Crippen molar-refractivity contribution in [1.29, 1.82) is 0 Å². The SMILES string of the molecule is CC(NC(=O)C(N)Cc1ccccc1)C(=O)NC(Cc1cnc[nH]1)C(=O)NC(Cc1c[nH]c2ccccc12)C(=O)O. The summed E-state index contributed by atoms with van der Waals surface area (Å²) in [6, 6.07) is 12.4. The first-order valence-electron chi connectivity index (χ1n) is 13.2. The van der Waals surface area contributed by atoms with Crippen molar-refractivity contribution in [2.24, 2.45) is 5.73 Å². The fraction of sp³-hybridized carbons (Fsp3) is 0.276. The molecule has 0 saturated heterocycles. The van der Waals surface area contributed by atoms with Gasteiger partial charge in [-0.1, -0.05) is 48.5 Å². The number of hydrogen-bond acceptors (Lipinski definition) is 6. The highest BCUT2D eigenvalue weighted by molar-refractivity contribution is 5.94. The smallest absolute Gasteiger partial charge is 0.326 e. The molecule has 214 valence electrons. The molecule has 2 aromatic carbocycles. The molecule has 0 fully saturated rings. The Kier molecular flexibility index (Phi) is 9.48. The van der Waals surface area contributed by atoms with Gasteiger partial charge in [-0.25, -0.2) is 9.78 Å². The lowest BCUT2D eigenvalue weighted by molar-refractivity contribution is -0.142. The van der Waals surface area contributed by atoms with E-state index in [0.717, 1.165) is 22.0 Å². The van der Waals surface area contributed by atoms with Crippen LogP contribution >= 0.6 is 0 Å². The van der Waals surface area contributed by atoms with Gasteiger partial charge >= 0.3 is 5.97 Å². The first-order chi connectivity index (χ1) is 19.7. The Balaban J connectivity index is 1.41. The molecule has 0 bridgehead atoms. The van der Waals surface area contributed by atoms with Crippen LogP contribution in [0.5, 0.6) is 0 Å². The number of benzene rings is 2. The van der Waals surface area contributed by atoms with Crippen molar-refractivity contribution in [3.63, 3.8) is 0 Å². The molecule has 0 saturated carbocycles. The maximum Gasteiger partial charge on any atom is 0.326 e. The summed E-state index contributed by atoms with van der Waals surface area (Å²) in [6.45, 7) is 1.48. The lowest BCUT2D eigenvalue weighted by Crippen LogP contribution is -2.57. The lowest BCUT2D eigenvalue weighted by Gasteiger charge is -2.23. The topological polar surface area (TPSA) is 195 Å². The molecule has 12 heteroatoms. The average molecular weight is 560 g/mol. The Morgan fingerprint density at radius 2 is 1.56 bits per heavy atom. The van der Waals surface area contributed by atoms with Crippen LogP contribution in [0.15, 0.2) is 73.3 Å². The second-order valence-corrected chi connectivity index (χ2v) is 9.83. The van der Waals surface area contributed by atoms with E-state index in [4.69, 9.17) is 5.73 Å². The van der Waals surface area contributed by atoms with Crippen molar-refractivity contribution in [2.75, 3.05) is 0 Å². The van der Waals surface area contributed by atoms with E-state index in [-0.39, 0.29) is 12.8 Å². The van der Waals surface area contributed by atoms with Gasteiger partial charge in [0.1, 0.15) is 18.1 Å². The summed E-state index contributed by atoms with van der Waals surface area (Å²) in [5.74, 6) is -3.06. The first-order valence-corrected chi connectivity index (χ1v) is 13.2. The molecular weight excluding hydrogens is 526 g/mol. The maximum atomic E-state index is 13.3. The number of imidazole rings is 1. The third-order valence-electron chi connectivity index (χ3n) is 6.71. The van der Waals surface area contributed by atoms with Crippen molar-refractivity contribution < 1.29 is 24.3 Å². The van der Waals surface area contributed by atoms with Crippen molar-refractivity contribution in [3.05, 3.63) is 90.1 Å². The van der Waals surface area contributed by atoms with E-state index in [0.29, 0.717) is 12.1 Å². The Labute approximate surface area is 236 Å². The van der Waals surface area contributed by atoms with Gasteiger partial charge in [0.15, 0.2) is 0 Å². The van der Waals surface area contributed by atoms with Gasteiger partial charge in [0.05, 0.1) is 12.4 Å². The monoisotopic (exact) mass is 559 g/mol. The summed E-state index contributed by atoms with van der Waals surface area (Å²) >= 11 is 0. The van der Waals surface area contributed by atoms with Crippen LogP contribution < -0.4 is 21.7 Å². The number of nitrogens with two attached hydrogens (primary N) is 1. The van der Waals surface area contributed by atoms with Crippen molar-refractivity contribution in [2.45, 2.75) is 50.4 Å². The third kappa shape index (κ3) is 7.79. The summed E-state index contributed by atoms with van der Waals surface area (Å²) < 4.78 is 0. The number of aromatic amines is 2. The molecule has 8 N–H and O–H groups in total. The number of para-hydroxylation sites is 1. The minimum Gasteiger partial charge on any atom is -0.480 e. The molecule has 3 amide bonds. The van der Waals surface area contributed by atoms with Gasteiger partial charge in [0.2, 0.25) is 17.7 Å². The van der Waals surface area contributed by atoms with Crippen molar-refractivity contribution in [1.82, 2.24) is 30.9 Å². The van der Waals surface area contributed by atoms with Gasteiger partial charge in [-0.3, -0.25) is 14.4 Å². The molecule has 4 rings (SSSR count). The van der Waals surface area contributed by atoms with Gasteiger partial charge in [0, 0.05) is 41.8 Å². The summed E-state index contributed by atoms with van der Waals surface area (Å²) in [5, 5.41) is 18.5. The number of aliphatic carboxylic acids is 1. The second kappa shape index (κ2) is 13.4. The highest BCUT2D eigenvalue weighted by Gasteiger charge is 2.30. The van der Waals surface area contributed by atoms with Crippen LogP contribution in [0.1, 0.15) is 23.7 Å². The van der Waals surface area contributed by atoms with E-state index < -0.39 is 47.9 Å². The predicted octanol–water partition coefficient (Wildman–Crippen LogP) is 0.805. The molecule has 4 aromatic rings. The Morgan fingerprint density at radius 1 is 0.854 bits per heavy atom. The fourth-order valence-electron chi connectivity index (χ4n) is 4.46. The summed E-state index contributed by atoms with van der Waals surface area (Å²) in [5.41, 5.74) is 9.04. The number of aromatic nitrogens is 3. The van der Waals surface area contributed by atoms with Crippen molar-refractivity contribution >= 4 is 34.6 Å². The zero-order valence-electron chi connectivity index (χ0n) is 22.5. The number of nitrogens with zero attached hydrogens (tertiary/aromatic N) is 1. The van der Waals surface area contributed by atoms with Crippen LogP contribution in [0.3, 0.4) is 0 Å². The Morgan fingerprint density at radius 3 is 2.27 bits per heavy atom. The maximum absolute atomic E-state index is 13.3. The zero-order chi connectivity index (χ0) is 29.4. The molecule has 0 radical (unpaired) electrons. The number of nitrogens with one attached hydrogen (secondary N) is 5. The minimum absolute atomic E-state index is 0.0190. The molecule has 2 aromatic heterocycles. The van der Waals surface area contributed by atoms with Gasteiger partial charge in [0.25, 0.3) is 0 Å². The van der Waals surface area contributed by atoms with E-state index in [1.807, 2.05) is 54.6 Å². The van der Waals surface area contributed by atoms with E-state index >= 15 is 0 Å². The van der Waals surface area contributed by atoms with Gasteiger partial charge in [-0.2, -0.15) is 0 Å². The minimum atomic E-state index is -1.25. The third-order valence-corrected chi connectivity index (χ3v) is 6.71. The largest absolute Gasteiger partial charge is 0.480 e. The first kappa shape index (κ1) is 29.0. The van der Waals surface area contributed by atoms with E-state index in [1.54, 1.807) is 6.20 Å². The van der Waals surface area contributed by atoms with Crippen LogP contribution in [-0.2, 0) is 38.4 Å². The van der Waals surface area contributed by atoms with E-state index in [9.17, 15) is 24.3 Å². The van der Waals surface area contributed by atoms with Gasteiger partial charge < -0.3 is 36.8 Å². The number of rotatable bonds is 13. The highest BCUT2D eigenvalue weighted by Crippen LogP contribution is 2.19. The average Bonchev–Trinajstić information content (AvgIpc) is 3.62. The zero-order valence-corrected chi connectivity index (χ0v) is 22.5. The van der Waals surface area contributed by atoms with Crippen LogP contribution in [0.4, 0.5) is 0 Å². The molecule has 41 heavy (non-hydrogen) atoms. The van der Waals surface area contributed by atoms with Crippen LogP contribution in [0, 0.1) is 0 Å². The fourth-order valence-corrected chi connectivity index (χ4v) is 4.46. The quantitative estimate of drug-likeness (QED) is 0.126. The molecule has 0 aliphatic carbocycles. The predicted molar refractivity (Wildman–Crippen MR) is 152 cm³/mol. The standard InChI is InChI=1S/C29H33N7O5/c1-17(34-27(38)22(30)11-18-7-3-2-4-8-18)26(37)35-24(13-20-15-31-16-33-20)28(39)36-25(29(40)41)12-19-14-32-23-10-6-5-9-21(19)23/h2-10,14-17,22,24-25,32H,11-13,30H2,1H3,(H,31,33)(H,34,38)(H,35,37)(H,36,39)(H,40,41). The summed E-state index contributed by atoms with van der Waals surface area (Å²) in [6.07, 6.45) is 4.98. The molecule has 0 aliphatic heterocycles. The number of H-pyrrole nitrogens is 2. The van der Waals surface area contributed by atoms with Crippen LogP contribution in [0.2, 0.25) is 0 Å². The number of carbonyl (C=O) groups is 4. The van der Waals surface area contributed by atoms with Gasteiger partial charge in [-0.05, 0) is 30.5 Å². The van der Waals surface area contributed by atoms with E-state index in [1.165, 1.54) is 19.4 Å². The summed E-state index contributed by atoms with van der Waals surface area (Å²) in [4.78, 5) is 61.0. The normalized spacial score (nSPS) is 14.0. The second-order valence-electron chi connectivity index (χ2n) is 9.83. The highest BCUT2D eigenvalue weighted by atomic mass is 16.4. The molecule has 0 aliphatic rings. The summed E-state index contributed by atoms with van der Waals surface area (Å²) in [7, 11) is 0. The molecule has 4 atom stereocenters. The molecule has 12 nitrogen and oxygen atoms in total. The Bertz CT molecular complexity index is 1490. The molecular formula is C29H33N7O5. The number of carbonyl (C=O) groups excluding carboxylic acids is 3. The number of hydrogen-bond donors (Lipinski definition) is 7. The lowest BCUT2D eigenvalue weighted by atomic mass is 10.0.